The maximum Gasteiger partial charge on any atom is 0.0541 e. The molecule has 0 N–H and O–H groups in total. The highest BCUT2D eigenvalue weighted by Crippen LogP contribution is 2.48. The predicted molar refractivity (Wildman–Crippen MR) is 315 cm³/mol. The van der Waals surface area contributed by atoms with E-state index in [0.29, 0.717) is 0 Å². The number of hydrogen-bond acceptors (Lipinski definition) is 1. The van der Waals surface area contributed by atoms with Gasteiger partial charge in [-0.15, -0.1) is 0 Å². The van der Waals surface area contributed by atoms with Crippen molar-refractivity contribution in [3.05, 3.63) is 291 Å². The number of nitrogens with zero attached hydrogens (tertiary/aromatic N) is 2. The van der Waals surface area contributed by atoms with Crippen molar-refractivity contribution < 1.29 is 0 Å². The summed E-state index contributed by atoms with van der Waals surface area (Å²) in [7, 11) is 0. The van der Waals surface area contributed by atoms with Gasteiger partial charge >= 0.3 is 0 Å². The molecule has 14 rings (SSSR count). The number of hydrogen-bond donors (Lipinski definition) is 0. The molecule has 1 heterocycles. The van der Waals surface area contributed by atoms with E-state index in [-0.39, 0.29) is 0 Å². The maximum atomic E-state index is 2.46. The Morgan fingerprint density at radius 2 is 0.730 bits per heavy atom. The van der Waals surface area contributed by atoms with Crippen molar-refractivity contribution in [3.8, 4) is 61.3 Å². The topological polar surface area (TPSA) is 8.17 Å². The van der Waals surface area contributed by atoms with Crippen LogP contribution in [-0.4, -0.2) is 4.57 Å². The predicted octanol–water partition coefficient (Wildman–Crippen LogP) is 20.0. The molecule has 0 aliphatic heterocycles. The van der Waals surface area contributed by atoms with Gasteiger partial charge in [-0.05, 0) is 155 Å². The van der Waals surface area contributed by atoms with Crippen LogP contribution in [0.5, 0.6) is 0 Å². The monoisotopic (exact) mass is 940 g/mol. The molecule has 0 saturated heterocycles. The second kappa shape index (κ2) is 18.1. The lowest BCUT2D eigenvalue weighted by molar-refractivity contribution is 1.18. The minimum Gasteiger partial charge on any atom is -0.310 e. The van der Waals surface area contributed by atoms with E-state index in [9.17, 15) is 0 Å². The molecule has 2 nitrogen and oxygen atoms in total. The van der Waals surface area contributed by atoms with Crippen LogP contribution in [0.1, 0.15) is 0 Å². The van der Waals surface area contributed by atoms with Crippen LogP contribution in [0.15, 0.2) is 291 Å². The molecule has 14 aromatic rings. The molecule has 2 heteroatoms. The average molecular weight is 941 g/mol. The lowest BCUT2D eigenvalue weighted by Crippen LogP contribution is -2.11. The number of para-hydroxylation sites is 3. The van der Waals surface area contributed by atoms with Crippen LogP contribution in [0.2, 0.25) is 0 Å². The van der Waals surface area contributed by atoms with Crippen LogP contribution in [0.4, 0.5) is 17.1 Å². The summed E-state index contributed by atoms with van der Waals surface area (Å²) in [5, 5.41) is 9.88. The molecule has 0 aliphatic rings. The molecular formula is C72H48N2. The second-order valence-corrected chi connectivity index (χ2v) is 19.2. The van der Waals surface area contributed by atoms with E-state index >= 15 is 0 Å². The van der Waals surface area contributed by atoms with Crippen LogP contribution < -0.4 is 4.90 Å². The average Bonchev–Trinajstić information content (AvgIpc) is 3.83. The van der Waals surface area contributed by atoms with Crippen molar-refractivity contribution in [2.75, 3.05) is 4.90 Å². The Hall–Kier alpha value is -9.76. The summed E-state index contributed by atoms with van der Waals surface area (Å²) in [5.74, 6) is 0. The Morgan fingerprint density at radius 3 is 1.46 bits per heavy atom. The lowest BCUT2D eigenvalue weighted by Gasteiger charge is -2.29. The summed E-state index contributed by atoms with van der Waals surface area (Å²) in [5.41, 5.74) is 18.6. The summed E-state index contributed by atoms with van der Waals surface area (Å²) in [6.45, 7) is 0. The highest BCUT2D eigenvalue weighted by molar-refractivity contribution is 6.22. The largest absolute Gasteiger partial charge is 0.310 e. The van der Waals surface area contributed by atoms with Crippen molar-refractivity contribution in [3.63, 3.8) is 0 Å². The SMILES string of the molecule is c1ccc(-c2c(-c3ccccc3)c3cc(-c4cccc(N(c5cccc(-c6ccc7ccccc7c6)c5)c5ccccc5-c5ccc6c(c5)c5ccccc5n6-c5ccccc5)c4)ccc3c3ccccc23)cc1. The standard InChI is InChI=1S/C72H48N2/c1-4-21-50(22-5-1)71-65-35-13-12-33-62(65)63-42-40-56(47-67(63)72(71)51-23-6-2-7-24-51)54-27-19-31-60(46-54)73(59-30-18-26-53(45-59)55-39-38-49-20-10-11-25-52(49)44-55)68-36-16-14-32-61(68)57-41-43-70-66(48-57)64-34-15-17-37-69(64)74(70)58-28-8-3-9-29-58/h1-48H. The maximum absolute atomic E-state index is 2.46. The molecule has 0 saturated carbocycles. The van der Waals surface area contributed by atoms with E-state index in [2.05, 4.69) is 301 Å². The highest BCUT2D eigenvalue weighted by atomic mass is 15.1. The first-order chi connectivity index (χ1) is 36.7. The van der Waals surface area contributed by atoms with Crippen LogP contribution >= 0.6 is 0 Å². The quantitative estimate of drug-likeness (QED) is 0.131. The molecule has 0 unspecified atom stereocenters. The van der Waals surface area contributed by atoms with Crippen molar-refractivity contribution >= 4 is 71.2 Å². The van der Waals surface area contributed by atoms with Gasteiger partial charge in [-0.2, -0.15) is 0 Å². The third-order valence-corrected chi connectivity index (χ3v) is 14.9. The smallest absolute Gasteiger partial charge is 0.0541 e. The molecule has 0 aliphatic carbocycles. The normalized spacial score (nSPS) is 11.5. The van der Waals surface area contributed by atoms with Gasteiger partial charge in [0.05, 0.1) is 16.7 Å². The third kappa shape index (κ3) is 7.43. The van der Waals surface area contributed by atoms with Crippen LogP contribution in [-0.2, 0) is 0 Å². The first-order valence-electron chi connectivity index (χ1n) is 25.5. The Kier molecular flexibility index (Phi) is 10.6. The van der Waals surface area contributed by atoms with Gasteiger partial charge in [-0.1, -0.05) is 218 Å². The zero-order valence-electron chi connectivity index (χ0n) is 40.6. The summed E-state index contributed by atoms with van der Waals surface area (Å²) >= 11 is 0. The minimum atomic E-state index is 1.07. The lowest BCUT2D eigenvalue weighted by atomic mass is 9.84. The van der Waals surface area contributed by atoms with E-state index in [1.807, 2.05) is 0 Å². The summed E-state index contributed by atoms with van der Waals surface area (Å²) in [6, 6.07) is 107. The van der Waals surface area contributed by atoms with Crippen molar-refractivity contribution in [2.45, 2.75) is 0 Å². The molecule has 0 radical (unpaired) electrons. The molecule has 0 fully saturated rings. The van der Waals surface area contributed by atoms with Crippen LogP contribution in [0.3, 0.4) is 0 Å². The molecule has 13 aromatic carbocycles. The van der Waals surface area contributed by atoms with Gasteiger partial charge in [0.2, 0.25) is 0 Å². The molecule has 0 atom stereocenters. The highest BCUT2D eigenvalue weighted by Gasteiger charge is 2.22. The molecule has 1 aromatic heterocycles. The number of fused-ring (bicyclic) bond motifs is 7. The van der Waals surface area contributed by atoms with E-state index in [1.54, 1.807) is 0 Å². The van der Waals surface area contributed by atoms with Gasteiger partial charge in [-0.25, -0.2) is 0 Å². The fraction of sp³-hybridized carbons (Fsp3) is 0. The Morgan fingerprint density at radius 1 is 0.243 bits per heavy atom. The van der Waals surface area contributed by atoms with Crippen LogP contribution in [0.25, 0.3) is 115 Å². The molecule has 0 amide bonds. The van der Waals surface area contributed by atoms with Gasteiger partial charge < -0.3 is 9.47 Å². The van der Waals surface area contributed by atoms with Gasteiger partial charge in [0.25, 0.3) is 0 Å². The molecular weight excluding hydrogens is 893 g/mol. The van der Waals surface area contributed by atoms with Gasteiger partial charge in [0.15, 0.2) is 0 Å². The third-order valence-electron chi connectivity index (χ3n) is 14.9. The molecule has 0 bridgehead atoms. The zero-order chi connectivity index (χ0) is 49.0. The molecule has 74 heavy (non-hydrogen) atoms. The van der Waals surface area contributed by atoms with Gasteiger partial charge in [0.1, 0.15) is 0 Å². The number of anilines is 3. The number of benzene rings is 13. The molecule has 0 spiro atoms. The van der Waals surface area contributed by atoms with E-state index in [1.165, 1.54) is 81.9 Å². The van der Waals surface area contributed by atoms with E-state index < -0.39 is 0 Å². The summed E-state index contributed by atoms with van der Waals surface area (Å²) in [6.07, 6.45) is 0. The molecule has 346 valence electrons. The van der Waals surface area contributed by atoms with Gasteiger partial charge in [-0.3, -0.25) is 0 Å². The Bertz CT molecular complexity index is 4420. The van der Waals surface area contributed by atoms with Crippen LogP contribution in [0, 0.1) is 0 Å². The first-order valence-corrected chi connectivity index (χ1v) is 25.5. The minimum absolute atomic E-state index is 1.07. The van der Waals surface area contributed by atoms with E-state index in [4.69, 9.17) is 0 Å². The fourth-order valence-corrected chi connectivity index (χ4v) is 11.5. The summed E-state index contributed by atoms with van der Waals surface area (Å²) < 4.78 is 2.39. The summed E-state index contributed by atoms with van der Waals surface area (Å²) in [4.78, 5) is 2.46. The Balaban J connectivity index is 0.969. The van der Waals surface area contributed by atoms with Crippen molar-refractivity contribution in [2.24, 2.45) is 0 Å². The van der Waals surface area contributed by atoms with E-state index in [0.717, 1.165) is 50.6 Å². The second-order valence-electron chi connectivity index (χ2n) is 19.2. The first kappa shape index (κ1) is 43.1. The number of aromatic nitrogens is 1. The number of rotatable bonds is 9. The fourth-order valence-electron chi connectivity index (χ4n) is 11.5. The van der Waals surface area contributed by atoms with Crippen molar-refractivity contribution in [1.29, 1.82) is 0 Å². The van der Waals surface area contributed by atoms with Gasteiger partial charge in [0, 0.05) is 33.4 Å². The van der Waals surface area contributed by atoms with Crippen molar-refractivity contribution in [1.82, 2.24) is 4.57 Å². The Labute approximate surface area is 430 Å². The zero-order valence-corrected chi connectivity index (χ0v) is 40.6.